The van der Waals surface area contributed by atoms with E-state index in [2.05, 4.69) is 19.2 Å². The van der Waals surface area contributed by atoms with Gasteiger partial charge in [-0.05, 0) is 38.6 Å². The van der Waals surface area contributed by atoms with E-state index in [1.807, 2.05) is 0 Å². The molecule has 0 bridgehead atoms. The van der Waals surface area contributed by atoms with Crippen LogP contribution < -0.4 is 11.1 Å². The summed E-state index contributed by atoms with van der Waals surface area (Å²) in [5.41, 5.74) is 5.52. The second-order valence-corrected chi connectivity index (χ2v) is 7.15. The number of nitrogens with two attached hydrogens (primary N) is 1. The van der Waals surface area contributed by atoms with Crippen molar-refractivity contribution in [1.82, 2.24) is 5.32 Å². The first-order valence-electron chi connectivity index (χ1n) is 10.8. The molecule has 1 amide bonds. The van der Waals surface area contributed by atoms with Crippen LogP contribution in [0.1, 0.15) is 104 Å². The fourth-order valence-corrected chi connectivity index (χ4v) is 2.85. The number of amides is 1. The van der Waals surface area contributed by atoms with Crippen LogP contribution in [0.5, 0.6) is 0 Å². The molecule has 0 aliphatic rings. The van der Waals surface area contributed by atoms with E-state index in [9.17, 15) is 9.59 Å². The van der Waals surface area contributed by atoms with E-state index in [1.165, 1.54) is 38.5 Å². The van der Waals surface area contributed by atoms with Crippen LogP contribution >= 0.6 is 0 Å². The van der Waals surface area contributed by atoms with E-state index in [0.29, 0.717) is 26.0 Å². The lowest BCUT2D eigenvalue weighted by molar-refractivity contribution is -0.148. The van der Waals surface area contributed by atoms with Gasteiger partial charge in [-0.2, -0.15) is 0 Å². The molecule has 0 aliphatic heterocycles. The van der Waals surface area contributed by atoms with Crippen molar-refractivity contribution >= 4 is 11.9 Å². The molecule has 0 radical (unpaired) electrons. The first-order chi connectivity index (χ1) is 12.7. The topological polar surface area (TPSA) is 81.4 Å². The van der Waals surface area contributed by atoms with Gasteiger partial charge in [-0.15, -0.1) is 0 Å². The highest BCUT2D eigenvalue weighted by molar-refractivity contribution is 5.84. The fraction of sp³-hybridized carbons (Fsp3) is 0.905. The number of rotatable bonds is 18. The van der Waals surface area contributed by atoms with Crippen molar-refractivity contribution in [3.63, 3.8) is 0 Å². The Morgan fingerprint density at radius 2 is 1.46 bits per heavy atom. The van der Waals surface area contributed by atoms with E-state index in [0.717, 1.165) is 38.5 Å². The van der Waals surface area contributed by atoms with Crippen molar-refractivity contribution in [2.75, 3.05) is 13.2 Å². The molecule has 3 N–H and O–H groups in total. The minimum atomic E-state index is -0.528. The molecule has 0 aromatic rings. The van der Waals surface area contributed by atoms with E-state index < -0.39 is 6.04 Å². The molecule has 0 aromatic heterocycles. The predicted octanol–water partition coefficient (Wildman–Crippen LogP) is 4.47. The van der Waals surface area contributed by atoms with Crippen molar-refractivity contribution in [3.8, 4) is 0 Å². The van der Waals surface area contributed by atoms with Crippen LogP contribution in [-0.4, -0.2) is 31.1 Å². The Hall–Kier alpha value is -1.10. The van der Waals surface area contributed by atoms with Crippen LogP contribution in [0.15, 0.2) is 0 Å². The molecule has 0 heterocycles. The van der Waals surface area contributed by atoms with Crippen LogP contribution in [0.3, 0.4) is 0 Å². The normalized spacial score (nSPS) is 12.0. The molecule has 0 rings (SSSR count). The molecule has 1 atom stereocenters. The zero-order chi connectivity index (χ0) is 19.5. The number of carbonyl (C=O) groups is 2. The second-order valence-electron chi connectivity index (χ2n) is 7.15. The molecule has 26 heavy (non-hydrogen) atoms. The molecular weight excluding hydrogens is 328 g/mol. The van der Waals surface area contributed by atoms with Gasteiger partial charge in [0.15, 0.2) is 0 Å². The van der Waals surface area contributed by atoms with Gasteiger partial charge in [0.05, 0.1) is 6.61 Å². The summed E-state index contributed by atoms with van der Waals surface area (Å²) in [6.45, 7) is 5.31. The molecule has 0 aromatic carbocycles. The minimum Gasteiger partial charge on any atom is -0.464 e. The number of carbonyl (C=O) groups excluding carboxylic acids is 2. The summed E-state index contributed by atoms with van der Waals surface area (Å²) in [5, 5.41) is 2.87. The second kappa shape index (κ2) is 18.7. The molecule has 0 aliphatic carbocycles. The summed E-state index contributed by atoms with van der Waals surface area (Å²) in [6.07, 6.45) is 14.2. The van der Waals surface area contributed by atoms with Gasteiger partial charge in [-0.25, -0.2) is 4.79 Å². The number of hydrogen-bond donors (Lipinski definition) is 2. The Morgan fingerprint density at radius 1 is 0.846 bits per heavy atom. The van der Waals surface area contributed by atoms with Crippen molar-refractivity contribution in [2.45, 2.75) is 110 Å². The highest BCUT2D eigenvalue weighted by Gasteiger charge is 2.21. The summed E-state index contributed by atoms with van der Waals surface area (Å²) in [7, 11) is 0. The number of ether oxygens (including phenoxy) is 1. The number of esters is 1. The molecule has 0 unspecified atom stereocenters. The third-order valence-electron chi connectivity index (χ3n) is 4.57. The number of nitrogens with one attached hydrogen (secondary N) is 1. The van der Waals surface area contributed by atoms with Crippen molar-refractivity contribution < 1.29 is 14.3 Å². The van der Waals surface area contributed by atoms with E-state index in [-0.39, 0.29) is 11.9 Å². The Balaban J connectivity index is 4.01. The Bertz CT molecular complexity index is 348. The van der Waals surface area contributed by atoms with E-state index in [1.54, 1.807) is 0 Å². The third-order valence-corrected chi connectivity index (χ3v) is 4.57. The van der Waals surface area contributed by atoms with E-state index in [4.69, 9.17) is 10.5 Å². The zero-order valence-electron chi connectivity index (χ0n) is 17.2. The highest BCUT2D eigenvalue weighted by atomic mass is 16.5. The fourth-order valence-electron chi connectivity index (χ4n) is 2.85. The lowest BCUT2D eigenvalue weighted by Crippen LogP contribution is -2.42. The molecule has 0 spiro atoms. The van der Waals surface area contributed by atoms with Gasteiger partial charge in [0.1, 0.15) is 6.04 Å². The molecule has 0 fully saturated rings. The molecular formula is C21H42N2O3. The lowest BCUT2D eigenvalue weighted by Gasteiger charge is -2.17. The number of hydrogen-bond acceptors (Lipinski definition) is 4. The van der Waals surface area contributed by atoms with Gasteiger partial charge in [-0.3, -0.25) is 4.79 Å². The van der Waals surface area contributed by atoms with Gasteiger partial charge in [0, 0.05) is 6.42 Å². The maximum atomic E-state index is 12.2. The first-order valence-corrected chi connectivity index (χ1v) is 10.8. The average molecular weight is 371 g/mol. The molecule has 5 nitrogen and oxygen atoms in total. The predicted molar refractivity (Wildman–Crippen MR) is 108 cm³/mol. The summed E-state index contributed by atoms with van der Waals surface area (Å²) < 4.78 is 5.28. The van der Waals surface area contributed by atoms with Gasteiger partial charge in [0.25, 0.3) is 0 Å². The average Bonchev–Trinajstić information content (AvgIpc) is 2.63. The minimum absolute atomic E-state index is 0.0406. The van der Waals surface area contributed by atoms with Crippen molar-refractivity contribution in [2.24, 2.45) is 5.73 Å². The lowest BCUT2D eigenvalue weighted by atomic mass is 10.1. The zero-order valence-corrected chi connectivity index (χ0v) is 17.2. The number of unbranched alkanes of at least 4 members (excludes halogenated alkanes) is 9. The Labute approximate surface area is 160 Å². The smallest absolute Gasteiger partial charge is 0.328 e. The SMILES string of the molecule is CCCCCCCCCCC(=O)N[C@@H](CCCCN)C(=O)OCCCC. The van der Waals surface area contributed by atoms with E-state index >= 15 is 0 Å². The van der Waals surface area contributed by atoms with Crippen LogP contribution in [0, 0.1) is 0 Å². The summed E-state index contributed by atoms with van der Waals surface area (Å²) in [5.74, 6) is -0.346. The van der Waals surface area contributed by atoms with Crippen LogP contribution in [-0.2, 0) is 14.3 Å². The molecule has 0 saturated heterocycles. The van der Waals surface area contributed by atoms with Gasteiger partial charge in [-0.1, -0.05) is 65.2 Å². The van der Waals surface area contributed by atoms with Crippen LogP contribution in [0.25, 0.3) is 0 Å². The van der Waals surface area contributed by atoms with Gasteiger partial charge in [0.2, 0.25) is 5.91 Å². The van der Waals surface area contributed by atoms with Gasteiger partial charge < -0.3 is 15.8 Å². The molecule has 5 heteroatoms. The maximum absolute atomic E-state index is 12.2. The van der Waals surface area contributed by atoms with Crippen LogP contribution in [0.4, 0.5) is 0 Å². The summed E-state index contributed by atoms with van der Waals surface area (Å²) in [6, 6.07) is -0.528. The highest BCUT2D eigenvalue weighted by Crippen LogP contribution is 2.10. The van der Waals surface area contributed by atoms with Gasteiger partial charge >= 0.3 is 5.97 Å². The third kappa shape index (κ3) is 15.2. The standard InChI is InChI=1S/C21H42N2O3/c1-3-5-7-8-9-10-11-12-16-20(24)23-19(15-13-14-17-22)21(25)26-18-6-4-2/h19H,3-18,22H2,1-2H3,(H,23,24)/t19-/m0/s1. The summed E-state index contributed by atoms with van der Waals surface area (Å²) in [4.78, 5) is 24.3. The summed E-state index contributed by atoms with van der Waals surface area (Å²) >= 11 is 0. The molecule has 154 valence electrons. The largest absolute Gasteiger partial charge is 0.464 e. The maximum Gasteiger partial charge on any atom is 0.328 e. The monoisotopic (exact) mass is 370 g/mol. The Kier molecular flexibility index (Phi) is 17.9. The quantitative estimate of drug-likeness (QED) is 0.275. The van der Waals surface area contributed by atoms with Crippen LogP contribution in [0.2, 0.25) is 0 Å². The molecule has 0 saturated carbocycles. The van der Waals surface area contributed by atoms with Crippen molar-refractivity contribution in [1.29, 1.82) is 0 Å². The first kappa shape index (κ1) is 24.9. The van der Waals surface area contributed by atoms with Crippen molar-refractivity contribution in [3.05, 3.63) is 0 Å². The Morgan fingerprint density at radius 3 is 2.08 bits per heavy atom.